The molecule has 1 N–H and O–H groups in total. The minimum Gasteiger partial charge on any atom is -0.396 e. The SMILES string of the molecule is Cn1cc(CN2CCCC(CO)(Cc3ccccc3)C2)nn1. The second kappa shape index (κ2) is 6.58. The lowest BCUT2D eigenvalue weighted by Gasteiger charge is -2.41. The summed E-state index contributed by atoms with van der Waals surface area (Å²) in [5.74, 6) is 0. The molecule has 0 spiro atoms. The van der Waals surface area contributed by atoms with Gasteiger partial charge in [-0.15, -0.1) is 5.10 Å². The van der Waals surface area contributed by atoms with Crippen molar-refractivity contribution in [3.8, 4) is 0 Å². The summed E-state index contributed by atoms with van der Waals surface area (Å²) in [5.41, 5.74) is 2.26. The van der Waals surface area contributed by atoms with Crippen LogP contribution in [0.4, 0.5) is 0 Å². The minimum absolute atomic E-state index is 0.0399. The average molecular weight is 300 g/mol. The van der Waals surface area contributed by atoms with E-state index in [0.717, 1.165) is 44.6 Å². The highest BCUT2D eigenvalue weighted by Crippen LogP contribution is 2.33. The van der Waals surface area contributed by atoms with Gasteiger partial charge in [0.2, 0.25) is 0 Å². The molecule has 1 atom stereocenters. The first kappa shape index (κ1) is 15.2. The van der Waals surface area contributed by atoms with E-state index in [9.17, 15) is 5.11 Å². The van der Waals surface area contributed by atoms with Gasteiger partial charge in [0, 0.05) is 31.7 Å². The number of aliphatic hydroxyl groups is 1. The Morgan fingerprint density at radius 2 is 2.09 bits per heavy atom. The van der Waals surface area contributed by atoms with Crippen LogP contribution in [0.15, 0.2) is 36.5 Å². The molecule has 1 unspecified atom stereocenters. The maximum atomic E-state index is 10.0. The first-order valence-electron chi connectivity index (χ1n) is 7.91. The lowest BCUT2D eigenvalue weighted by molar-refractivity contribution is 0.0283. The highest BCUT2D eigenvalue weighted by atomic mass is 16.3. The van der Waals surface area contributed by atoms with E-state index in [1.54, 1.807) is 4.68 Å². The Labute approximate surface area is 131 Å². The quantitative estimate of drug-likeness (QED) is 0.912. The van der Waals surface area contributed by atoms with Crippen molar-refractivity contribution in [1.82, 2.24) is 19.9 Å². The third-order valence-electron chi connectivity index (χ3n) is 4.53. The van der Waals surface area contributed by atoms with Crippen LogP contribution in [0.3, 0.4) is 0 Å². The van der Waals surface area contributed by atoms with Crippen LogP contribution in [0.2, 0.25) is 0 Å². The van der Waals surface area contributed by atoms with Gasteiger partial charge in [0.1, 0.15) is 0 Å². The van der Waals surface area contributed by atoms with Crippen LogP contribution < -0.4 is 0 Å². The maximum Gasteiger partial charge on any atom is 0.0967 e. The first-order chi connectivity index (χ1) is 10.7. The van der Waals surface area contributed by atoms with Gasteiger partial charge in [-0.2, -0.15) is 0 Å². The van der Waals surface area contributed by atoms with E-state index < -0.39 is 0 Å². The molecular formula is C17H24N4O. The zero-order valence-corrected chi connectivity index (χ0v) is 13.1. The molecule has 2 heterocycles. The topological polar surface area (TPSA) is 54.2 Å². The fourth-order valence-corrected chi connectivity index (χ4v) is 3.50. The van der Waals surface area contributed by atoms with Crippen molar-refractivity contribution in [1.29, 1.82) is 0 Å². The van der Waals surface area contributed by atoms with E-state index in [2.05, 4.69) is 39.5 Å². The molecule has 0 aliphatic carbocycles. The van der Waals surface area contributed by atoms with Crippen molar-refractivity contribution >= 4 is 0 Å². The van der Waals surface area contributed by atoms with Crippen LogP contribution in [-0.2, 0) is 20.0 Å². The molecule has 1 aromatic heterocycles. The van der Waals surface area contributed by atoms with Gasteiger partial charge in [0.05, 0.1) is 12.3 Å². The van der Waals surface area contributed by atoms with Crippen molar-refractivity contribution in [2.75, 3.05) is 19.7 Å². The molecule has 1 fully saturated rings. The summed E-state index contributed by atoms with van der Waals surface area (Å²) >= 11 is 0. The van der Waals surface area contributed by atoms with Gasteiger partial charge in [-0.3, -0.25) is 9.58 Å². The lowest BCUT2D eigenvalue weighted by atomic mass is 9.75. The summed E-state index contributed by atoms with van der Waals surface area (Å²) in [6.07, 6.45) is 5.09. The van der Waals surface area contributed by atoms with Crippen LogP contribution in [-0.4, -0.2) is 44.7 Å². The molecule has 1 aliphatic heterocycles. The lowest BCUT2D eigenvalue weighted by Crippen LogP contribution is -2.46. The zero-order chi connectivity index (χ0) is 15.4. The minimum atomic E-state index is -0.0399. The number of rotatable bonds is 5. The molecule has 0 radical (unpaired) electrons. The fourth-order valence-electron chi connectivity index (χ4n) is 3.50. The summed E-state index contributed by atoms with van der Waals surface area (Å²) < 4.78 is 1.74. The van der Waals surface area contributed by atoms with E-state index >= 15 is 0 Å². The van der Waals surface area contributed by atoms with Crippen LogP contribution in [0.5, 0.6) is 0 Å². The largest absolute Gasteiger partial charge is 0.396 e. The third-order valence-corrected chi connectivity index (χ3v) is 4.53. The number of aliphatic hydroxyl groups excluding tert-OH is 1. The highest BCUT2D eigenvalue weighted by Gasteiger charge is 2.35. The molecule has 1 saturated heterocycles. The Morgan fingerprint density at radius 3 is 2.77 bits per heavy atom. The number of hydrogen-bond acceptors (Lipinski definition) is 4. The Hall–Kier alpha value is -1.72. The van der Waals surface area contributed by atoms with Gasteiger partial charge in [0.15, 0.2) is 0 Å². The summed E-state index contributed by atoms with van der Waals surface area (Å²) in [5, 5.41) is 18.2. The molecule has 0 bridgehead atoms. The second-order valence-corrected chi connectivity index (χ2v) is 6.52. The van der Waals surface area contributed by atoms with E-state index in [1.807, 2.05) is 19.3 Å². The number of piperidine rings is 1. The van der Waals surface area contributed by atoms with Gasteiger partial charge in [0.25, 0.3) is 0 Å². The number of hydrogen-bond donors (Lipinski definition) is 1. The molecule has 1 aromatic carbocycles. The van der Waals surface area contributed by atoms with E-state index in [4.69, 9.17) is 0 Å². The molecule has 22 heavy (non-hydrogen) atoms. The van der Waals surface area contributed by atoms with Crippen LogP contribution in [0.25, 0.3) is 0 Å². The summed E-state index contributed by atoms with van der Waals surface area (Å²) in [6, 6.07) is 10.5. The zero-order valence-electron chi connectivity index (χ0n) is 13.1. The molecule has 1 aliphatic rings. The van der Waals surface area contributed by atoms with Crippen molar-refractivity contribution in [2.45, 2.75) is 25.8 Å². The molecule has 5 heteroatoms. The van der Waals surface area contributed by atoms with Gasteiger partial charge >= 0.3 is 0 Å². The molecular weight excluding hydrogens is 276 g/mol. The third kappa shape index (κ3) is 3.54. The number of nitrogens with zero attached hydrogens (tertiary/aromatic N) is 4. The molecule has 3 rings (SSSR count). The second-order valence-electron chi connectivity index (χ2n) is 6.52. The maximum absolute atomic E-state index is 10.0. The van der Waals surface area contributed by atoms with Gasteiger partial charge in [-0.1, -0.05) is 35.5 Å². The molecule has 0 amide bonds. The van der Waals surface area contributed by atoms with Crippen LogP contribution >= 0.6 is 0 Å². The Kier molecular flexibility index (Phi) is 4.55. The van der Waals surface area contributed by atoms with Crippen molar-refractivity contribution in [2.24, 2.45) is 12.5 Å². The van der Waals surface area contributed by atoms with Gasteiger partial charge in [-0.25, -0.2) is 0 Å². The van der Waals surface area contributed by atoms with Gasteiger partial charge in [-0.05, 0) is 31.4 Å². The highest BCUT2D eigenvalue weighted by molar-refractivity contribution is 5.17. The fraction of sp³-hybridized carbons (Fsp3) is 0.529. The van der Waals surface area contributed by atoms with E-state index in [1.165, 1.54) is 5.56 Å². The van der Waals surface area contributed by atoms with Crippen molar-refractivity contribution in [3.63, 3.8) is 0 Å². The first-order valence-corrected chi connectivity index (χ1v) is 7.91. The number of aromatic nitrogens is 3. The molecule has 5 nitrogen and oxygen atoms in total. The number of aryl methyl sites for hydroxylation is 1. The number of likely N-dealkylation sites (tertiary alicyclic amines) is 1. The molecule has 2 aromatic rings. The van der Waals surface area contributed by atoms with Gasteiger partial charge < -0.3 is 5.11 Å². The summed E-state index contributed by atoms with van der Waals surface area (Å²) in [4.78, 5) is 2.40. The van der Waals surface area contributed by atoms with E-state index in [0.29, 0.717) is 0 Å². The normalized spacial score (nSPS) is 22.8. The Bertz CT molecular complexity index is 598. The summed E-state index contributed by atoms with van der Waals surface area (Å²) in [6.45, 7) is 3.02. The standard InChI is InChI=1S/C17H24N4O/c1-20-11-16(18-19-20)12-21-9-5-8-17(13-21,14-22)10-15-6-3-2-4-7-15/h2-4,6-7,11,22H,5,8-10,12-14H2,1H3. The van der Waals surface area contributed by atoms with Crippen LogP contribution in [0, 0.1) is 5.41 Å². The van der Waals surface area contributed by atoms with E-state index in [-0.39, 0.29) is 12.0 Å². The average Bonchev–Trinajstić information content (AvgIpc) is 2.94. The predicted octanol–water partition coefficient (Wildman–Crippen LogP) is 1.63. The monoisotopic (exact) mass is 300 g/mol. The molecule has 118 valence electrons. The van der Waals surface area contributed by atoms with Crippen molar-refractivity contribution in [3.05, 3.63) is 47.8 Å². The van der Waals surface area contributed by atoms with Crippen molar-refractivity contribution < 1.29 is 5.11 Å². The summed E-state index contributed by atoms with van der Waals surface area (Å²) in [7, 11) is 1.89. The Morgan fingerprint density at radius 1 is 1.27 bits per heavy atom. The predicted molar refractivity (Wildman–Crippen MR) is 85.2 cm³/mol. The Balaban J connectivity index is 1.69. The molecule has 0 saturated carbocycles. The van der Waals surface area contributed by atoms with Crippen LogP contribution in [0.1, 0.15) is 24.1 Å². The number of benzene rings is 1. The smallest absolute Gasteiger partial charge is 0.0967 e.